The summed E-state index contributed by atoms with van der Waals surface area (Å²) in [6.45, 7) is 9.04. The SMILES string of the molecule is CN=C(NCC1(C)CCOC1)NC1CC(C)(C)Oc2ccccc21.I. The van der Waals surface area contributed by atoms with Crippen molar-refractivity contribution in [3.63, 3.8) is 0 Å². The number of ether oxygens (including phenoxy) is 2. The van der Waals surface area contributed by atoms with Gasteiger partial charge in [-0.2, -0.15) is 0 Å². The molecule has 3 rings (SSSR count). The summed E-state index contributed by atoms with van der Waals surface area (Å²) in [6.07, 6.45) is 1.98. The van der Waals surface area contributed by atoms with E-state index in [0.29, 0.717) is 0 Å². The summed E-state index contributed by atoms with van der Waals surface area (Å²) < 4.78 is 11.6. The third-order valence-electron chi connectivity index (χ3n) is 4.89. The molecule has 1 saturated heterocycles. The number of hydrogen-bond donors (Lipinski definition) is 2. The van der Waals surface area contributed by atoms with Gasteiger partial charge in [-0.15, -0.1) is 24.0 Å². The maximum atomic E-state index is 6.11. The highest BCUT2D eigenvalue weighted by atomic mass is 127. The molecule has 1 aromatic rings. The lowest BCUT2D eigenvalue weighted by molar-refractivity contribution is 0.0693. The Morgan fingerprint density at radius 1 is 1.28 bits per heavy atom. The maximum absolute atomic E-state index is 6.11. The Morgan fingerprint density at radius 2 is 2.04 bits per heavy atom. The average molecular weight is 459 g/mol. The average Bonchev–Trinajstić information content (AvgIpc) is 2.97. The Bertz CT molecular complexity index is 612. The molecule has 0 amide bonds. The number of aliphatic imine (C=N–C) groups is 1. The molecular formula is C19H30IN3O2. The van der Waals surface area contributed by atoms with Gasteiger partial charge in [-0.1, -0.05) is 25.1 Å². The molecule has 5 nitrogen and oxygen atoms in total. The third-order valence-corrected chi connectivity index (χ3v) is 4.89. The minimum atomic E-state index is -0.198. The third kappa shape index (κ3) is 5.00. The van der Waals surface area contributed by atoms with Gasteiger partial charge >= 0.3 is 0 Å². The van der Waals surface area contributed by atoms with Crippen LogP contribution in [0.1, 0.15) is 45.2 Å². The Balaban J connectivity index is 0.00000225. The molecule has 0 spiro atoms. The first kappa shape index (κ1) is 20.3. The quantitative estimate of drug-likeness (QED) is 0.413. The second-order valence-electron chi connectivity index (χ2n) is 7.84. The molecule has 0 radical (unpaired) electrons. The minimum absolute atomic E-state index is 0. The van der Waals surface area contributed by atoms with Crippen molar-refractivity contribution >= 4 is 29.9 Å². The van der Waals surface area contributed by atoms with E-state index in [1.165, 1.54) is 5.56 Å². The van der Waals surface area contributed by atoms with Gasteiger partial charge in [0, 0.05) is 37.6 Å². The van der Waals surface area contributed by atoms with E-state index in [2.05, 4.69) is 48.5 Å². The molecular weight excluding hydrogens is 429 g/mol. The lowest BCUT2D eigenvalue weighted by Gasteiger charge is -2.38. The number of rotatable bonds is 3. The molecule has 25 heavy (non-hydrogen) atoms. The van der Waals surface area contributed by atoms with Crippen molar-refractivity contribution in [2.45, 2.75) is 45.3 Å². The van der Waals surface area contributed by atoms with E-state index in [0.717, 1.165) is 44.3 Å². The van der Waals surface area contributed by atoms with Crippen LogP contribution in [0.15, 0.2) is 29.3 Å². The van der Waals surface area contributed by atoms with Crippen molar-refractivity contribution in [3.05, 3.63) is 29.8 Å². The summed E-state index contributed by atoms with van der Waals surface area (Å²) in [4.78, 5) is 4.41. The van der Waals surface area contributed by atoms with Crippen LogP contribution in [0.5, 0.6) is 5.75 Å². The number of guanidine groups is 1. The minimum Gasteiger partial charge on any atom is -0.487 e. The second-order valence-corrected chi connectivity index (χ2v) is 7.84. The van der Waals surface area contributed by atoms with Crippen molar-refractivity contribution in [2.24, 2.45) is 10.4 Å². The van der Waals surface area contributed by atoms with Crippen molar-refractivity contribution in [1.82, 2.24) is 10.6 Å². The first-order chi connectivity index (χ1) is 11.4. The number of nitrogens with zero attached hydrogens (tertiary/aromatic N) is 1. The van der Waals surface area contributed by atoms with Crippen LogP contribution in [-0.2, 0) is 4.74 Å². The van der Waals surface area contributed by atoms with Crippen LogP contribution >= 0.6 is 24.0 Å². The molecule has 140 valence electrons. The number of hydrogen-bond acceptors (Lipinski definition) is 3. The van der Waals surface area contributed by atoms with E-state index in [4.69, 9.17) is 9.47 Å². The van der Waals surface area contributed by atoms with Crippen LogP contribution in [0.25, 0.3) is 0 Å². The zero-order valence-electron chi connectivity index (χ0n) is 15.6. The van der Waals surface area contributed by atoms with Gasteiger partial charge in [0.05, 0.1) is 12.6 Å². The largest absolute Gasteiger partial charge is 0.487 e. The molecule has 2 aliphatic heterocycles. The Kier molecular flexibility index (Phi) is 6.59. The molecule has 2 aliphatic rings. The van der Waals surface area contributed by atoms with E-state index in [9.17, 15) is 0 Å². The first-order valence-electron chi connectivity index (χ1n) is 8.74. The highest BCUT2D eigenvalue weighted by Gasteiger charge is 2.34. The topological polar surface area (TPSA) is 54.9 Å². The van der Waals surface area contributed by atoms with Crippen molar-refractivity contribution in [1.29, 1.82) is 0 Å². The molecule has 2 N–H and O–H groups in total. The van der Waals surface area contributed by atoms with Gasteiger partial charge in [0.25, 0.3) is 0 Å². The fraction of sp³-hybridized carbons (Fsp3) is 0.632. The molecule has 6 heteroatoms. The zero-order chi connectivity index (χ0) is 17.2. The van der Waals surface area contributed by atoms with Crippen molar-refractivity contribution in [2.75, 3.05) is 26.8 Å². The van der Waals surface area contributed by atoms with Gasteiger partial charge in [0.1, 0.15) is 11.4 Å². The van der Waals surface area contributed by atoms with Gasteiger partial charge in [0.15, 0.2) is 5.96 Å². The maximum Gasteiger partial charge on any atom is 0.191 e. The molecule has 2 heterocycles. The lowest BCUT2D eigenvalue weighted by Crippen LogP contribution is -2.47. The molecule has 0 aliphatic carbocycles. The summed E-state index contributed by atoms with van der Waals surface area (Å²) in [5.41, 5.74) is 1.18. The van der Waals surface area contributed by atoms with Crippen LogP contribution in [0.4, 0.5) is 0 Å². The standard InChI is InChI=1S/C19H29N3O2.HI/c1-18(2)11-15(14-7-5-6-8-16(14)24-18)22-17(20-4)21-12-19(3)9-10-23-13-19;/h5-8,15H,9-13H2,1-4H3,(H2,20,21,22);1H. The molecule has 1 fully saturated rings. The second kappa shape index (κ2) is 8.12. The van der Waals surface area contributed by atoms with Crippen LogP contribution in [0.3, 0.4) is 0 Å². The fourth-order valence-electron chi connectivity index (χ4n) is 3.44. The summed E-state index contributed by atoms with van der Waals surface area (Å²) in [6, 6.07) is 8.43. The van der Waals surface area contributed by atoms with Gasteiger partial charge in [-0.25, -0.2) is 0 Å². The predicted molar refractivity (Wildman–Crippen MR) is 112 cm³/mol. The number of fused-ring (bicyclic) bond motifs is 1. The van der Waals surface area contributed by atoms with E-state index in [1.54, 1.807) is 0 Å². The number of nitrogens with one attached hydrogen (secondary N) is 2. The molecule has 0 bridgehead atoms. The summed E-state index contributed by atoms with van der Waals surface area (Å²) >= 11 is 0. The fourth-order valence-corrected chi connectivity index (χ4v) is 3.44. The summed E-state index contributed by atoms with van der Waals surface area (Å²) in [7, 11) is 1.82. The molecule has 1 aromatic carbocycles. The number of halogens is 1. The number of benzene rings is 1. The van der Waals surface area contributed by atoms with E-state index >= 15 is 0 Å². The Labute approximate surface area is 168 Å². The molecule has 0 aromatic heterocycles. The van der Waals surface area contributed by atoms with Crippen LogP contribution < -0.4 is 15.4 Å². The highest BCUT2D eigenvalue weighted by molar-refractivity contribution is 14.0. The molecule has 2 unspecified atom stereocenters. The lowest BCUT2D eigenvalue weighted by atomic mass is 9.89. The molecule has 0 saturated carbocycles. The predicted octanol–water partition coefficient (Wildman–Crippen LogP) is 3.50. The molecule has 2 atom stereocenters. The van der Waals surface area contributed by atoms with Gasteiger partial charge < -0.3 is 20.1 Å². The number of para-hydroxylation sites is 1. The highest BCUT2D eigenvalue weighted by Crippen LogP contribution is 2.39. The monoisotopic (exact) mass is 459 g/mol. The Morgan fingerprint density at radius 3 is 2.72 bits per heavy atom. The van der Waals surface area contributed by atoms with Gasteiger partial charge in [0.2, 0.25) is 0 Å². The zero-order valence-corrected chi connectivity index (χ0v) is 17.9. The van der Waals surface area contributed by atoms with E-state index in [-0.39, 0.29) is 41.0 Å². The van der Waals surface area contributed by atoms with Crippen LogP contribution in [-0.4, -0.2) is 38.4 Å². The normalized spacial score (nSPS) is 27.7. The first-order valence-corrected chi connectivity index (χ1v) is 8.74. The van der Waals surface area contributed by atoms with Crippen LogP contribution in [0.2, 0.25) is 0 Å². The summed E-state index contributed by atoms with van der Waals surface area (Å²) in [5.74, 6) is 1.79. The van der Waals surface area contributed by atoms with Crippen LogP contribution in [0, 0.1) is 5.41 Å². The van der Waals surface area contributed by atoms with Crippen molar-refractivity contribution in [3.8, 4) is 5.75 Å². The van der Waals surface area contributed by atoms with Gasteiger partial charge in [-0.3, -0.25) is 4.99 Å². The van der Waals surface area contributed by atoms with E-state index in [1.807, 2.05) is 19.2 Å². The summed E-state index contributed by atoms with van der Waals surface area (Å²) in [5, 5.41) is 7.05. The van der Waals surface area contributed by atoms with Crippen molar-refractivity contribution < 1.29 is 9.47 Å². The smallest absolute Gasteiger partial charge is 0.191 e. The van der Waals surface area contributed by atoms with Gasteiger partial charge in [-0.05, 0) is 26.3 Å². The van der Waals surface area contributed by atoms with E-state index < -0.39 is 0 Å². The Hall–Kier alpha value is -1.02.